The second-order valence-corrected chi connectivity index (χ2v) is 3.56. The molecule has 0 aliphatic rings. The van der Waals surface area contributed by atoms with Gasteiger partial charge in [0.15, 0.2) is 0 Å². The number of aryl methyl sites for hydroxylation is 1. The summed E-state index contributed by atoms with van der Waals surface area (Å²) >= 11 is 0. The van der Waals surface area contributed by atoms with Crippen LogP contribution in [0.2, 0.25) is 0 Å². The van der Waals surface area contributed by atoms with Crippen LogP contribution in [0.3, 0.4) is 0 Å². The molecule has 1 aromatic carbocycles. The summed E-state index contributed by atoms with van der Waals surface area (Å²) in [7, 11) is 1.62. The van der Waals surface area contributed by atoms with E-state index in [1.54, 1.807) is 7.11 Å². The van der Waals surface area contributed by atoms with E-state index in [1.807, 2.05) is 31.2 Å². The molecule has 0 fully saturated rings. The Morgan fingerprint density at radius 3 is 2.53 bits per heavy atom. The van der Waals surface area contributed by atoms with Gasteiger partial charge < -0.3 is 14.6 Å². The minimum Gasteiger partial charge on any atom is -0.491 e. The van der Waals surface area contributed by atoms with Crippen LogP contribution in [0.4, 0.5) is 0 Å². The van der Waals surface area contributed by atoms with Crippen LogP contribution >= 0.6 is 0 Å². The van der Waals surface area contributed by atoms with Crippen molar-refractivity contribution in [2.45, 2.75) is 19.4 Å². The van der Waals surface area contributed by atoms with Crippen LogP contribution in [0.1, 0.15) is 12.0 Å². The molecule has 0 bridgehead atoms. The van der Waals surface area contributed by atoms with E-state index in [0.717, 1.165) is 5.75 Å². The first-order valence-corrected chi connectivity index (χ1v) is 5.09. The molecule has 0 heterocycles. The Balaban J connectivity index is 2.27. The van der Waals surface area contributed by atoms with Gasteiger partial charge in [0.2, 0.25) is 0 Å². The van der Waals surface area contributed by atoms with E-state index in [9.17, 15) is 5.11 Å². The second-order valence-electron chi connectivity index (χ2n) is 3.56. The first-order chi connectivity index (χ1) is 7.22. The van der Waals surface area contributed by atoms with E-state index in [0.29, 0.717) is 19.6 Å². The summed E-state index contributed by atoms with van der Waals surface area (Å²) in [5.41, 5.74) is 1.20. The lowest BCUT2D eigenvalue weighted by molar-refractivity contribution is 0.0706. The molecule has 0 amide bonds. The number of ether oxygens (including phenoxy) is 2. The van der Waals surface area contributed by atoms with E-state index in [2.05, 4.69) is 0 Å². The Hall–Kier alpha value is -1.06. The molecule has 0 saturated carbocycles. The lowest BCUT2D eigenvalue weighted by Crippen LogP contribution is -2.19. The molecule has 0 saturated heterocycles. The fourth-order valence-corrected chi connectivity index (χ4v) is 1.16. The summed E-state index contributed by atoms with van der Waals surface area (Å²) in [5.74, 6) is 0.789. The predicted molar refractivity (Wildman–Crippen MR) is 59.2 cm³/mol. The summed E-state index contributed by atoms with van der Waals surface area (Å²) in [6.45, 7) is 2.89. The Labute approximate surface area is 90.6 Å². The summed E-state index contributed by atoms with van der Waals surface area (Å²) in [6.07, 6.45) is 0.133. The van der Waals surface area contributed by atoms with Crippen molar-refractivity contribution < 1.29 is 14.6 Å². The van der Waals surface area contributed by atoms with E-state index < -0.39 is 6.10 Å². The van der Waals surface area contributed by atoms with Gasteiger partial charge in [-0.15, -0.1) is 0 Å². The molecule has 0 aromatic heterocycles. The van der Waals surface area contributed by atoms with E-state index in [-0.39, 0.29) is 0 Å². The van der Waals surface area contributed by atoms with Gasteiger partial charge in [-0.05, 0) is 25.5 Å². The fraction of sp³-hybridized carbons (Fsp3) is 0.500. The molecule has 1 aromatic rings. The average molecular weight is 210 g/mol. The van der Waals surface area contributed by atoms with Crippen LogP contribution in [-0.4, -0.2) is 31.5 Å². The van der Waals surface area contributed by atoms with Gasteiger partial charge in [0, 0.05) is 13.7 Å². The van der Waals surface area contributed by atoms with Crippen molar-refractivity contribution in [3.8, 4) is 5.75 Å². The number of rotatable bonds is 6. The van der Waals surface area contributed by atoms with Gasteiger partial charge in [0.05, 0.1) is 6.10 Å². The van der Waals surface area contributed by atoms with E-state index in [4.69, 9.17) is 9.47 Å². The number of aliphatic hydroxyl groups excluding tert-OH is 1. The molecule has 1 N–H and O–H groups in total. The summed E-state index contributed by atoms with van der Waals surface area (Å²) in [5, 5.41) is 9.49. The van der Waals surface area contributed by atoms with Crippen LogP contribution in [0, 0.1) is 6.92 Å². The number of methoxy groups -OCH3 is 1. The van der Waals surface area contributed by atoms with Crippen LogP contribution < -0.4 is 4.74 Å². The second kappa shape index (κ2) is 6.43. The van der Waals surface area contributed by atoms with Crippen LogP contribution in [0.25, 0.3) is 0 Å². The smallest absolute Gasteiger partial charge is 0.119 e. The number of hydrogen-bond acceptors (Lipinski definition) is 3. The molecular weight excluding hydrogens is 192 g/mol. The zero-order valence-electron chi connectivity index (χ0n) is 9.27. The van der Waals surface area contributed by atoms with Gasteiger partial charge in [-0.3, -0.25) is 0 Å². The Bertz CT molecular complexity index is 269. The van der Waals surface area contributed by atoms with Crippen molar-refractivity contribution in [2.24, 2.45) is 0 Å². The summed E-state index contributed by atoms with van der Waals surface area (Å²) in [4.78, 5) is 0. The van der Waals surface area contributed by atoms with Crippen LogP contribution in [-0.2, 0) is 4.74 Å². The van der Waals surface area contributed by atoms with Crippen molar-refractivity contribution in [3.05, 3.63) is 29.8 Å². The van der Waals surface area contributed by atoms with Crippen LogP contribution in [0.5, 0.6) is 5.75 Å². The molecule has 3 heteroatoms. The molecule has 0 spiro atoms. The molecule has 0 aliphatic heterocycles. The first-order valence-electron chi connectivity index (χ1n) is 5.09. The van der Waals surface area contributed by atoms with Gasteiger partial charge in [-0.25, -0.2) is 0 Å². The maximum absolute atomic E-state index is 9.49. The molecule has 84 valence electrons. The quantitative estimate of drug-likeness (QED) is 0.777. The third kappa shape index (κ3) is 4.81. The number of benzene rings is 1. The third-order valence-corrected chi connectivity index (χ3v) is 2.12. The fourth-order valence-electron chi connectivity index (χ4n) is 1.16. The Morgan fingerprint density at radius 2 is 1.93 bits per heavy atom. The average Bonchev–Trinajstić information content (AvgIpc) is 2.25. The molecular formula is C12H18O3. The molecule has 1 rings (SSSR count). The topological polar surface area (TPSA) is 38.7 Å². The lowest BCUT2D eigenvalue weighted by Gasteiger charge is -2.11. The Morgan fingerprint density at radius 1 is 1.27 bits per heavy atom. The van der Waals surface area contributed by atoms with Gasteiger partial charge in [-0.1, -0.05) is 17.7 Å². The maximum atomic E-state index is 9.49. The predicted octanol–water partition coefficient (Wildman–Crippen LogP) is 1.77. The highest BCUT2D eigenvalue weighted by atomic mass is 16.5. The van der Waals surface area contributed by atoms with Gasteiger partial charge in [-0.2, -0.15) is 0 Å². The molecule has 1 atom stereocenters. The first kappa shape index (κ1) is 12.0. The van der Waals surface area contributed by atoms with Crippen molar-refractivity contribution >= 4 is 0 Å². The van der Waals surface area contributed by atoms with Crippen molar-refractivity contribution in [1.29, 1.82) is 0 Å². The van der Waals surface area contributed by atoms with E-state index in [1.165, 1.54) is 5.56 Å². The highest BCUT2D eigenvalue weighted by Gasteiger charge is 2.04. The highest BCUT2D eigenvalue weighted by molar-refractivity contribution is 5.26. The molecule has 0 radical (unpaired) electrons. The summed E-state index contributed by atoms with van der Waals surface area (Å²) in [6, 6.07) is 7.77. The van der Waals surface area contributed by atoms with Crippen LogP contribution in [0.15, 0.2) is 24.3 Å². The zero-order valence-corrected chi connectivity index (χ0v) is 9.27. The SMILES string of the molecule is COCCC(O)COc1ccc(C)cc1. The Kier molecular flexibility index (Phi) is 5.15. The minimum atomic E-state index is -0.466. The third-order valence-electron chi connectivity index (χ3n) is 2.12. The molecule has 15 heavy (non-hydrogen) atoms. The van der Waals surface area contributed by atoms with Crippen molar-refractivity contribution in [3.63, 3.8) is 0 Å². The number of aliphatic hydroxyl groups is 1. The van der Waals surface area contributed by atoms with Crippen molar-refractivity contribution in [2.75, 3.05) is 20.3 Å². The molecule has 3 nitrogen and oxygen atoms in total. The number of hydrogen-bond donors (Lipinski definition) is 1. The molecule has 0 aliphatic carbocycles. The normalized spacial score (nSPS) is 12.5. The zero-order chi connectivity index (χ0) is 11.1. The van der Waals surface area contributed by atoms with Gasteiger partial charge in [0.25, 0.3) is 0 Å². The largest absolute Gasteiger partial charge is 0.491 e. The maximum Gasteiger partial charge on any atom is 0.119 e. The van der Waals surface area contributed by atoms with Crippen molar-refractivity contribution in [1.82, 2.24) is 0 Å². The highest BCUT2D eigenvalue weighted by Crippen LogP contribution is 2.11. The monoisotopic (exact) mass is 210 g/mol. The van der Waals surface area contributed by atoms with Gasteiger partial charge >= 0.3 is 0 Å². The van der Waals surface area contributed by atoms with Gasteiger partial charge in [0.1, 0.15) is 12.4 Å². The molecule has 1 unspecified atom stereocenters. The lowest BCUT2D eigenvalue weighted by atomic mass is 10.2. The van der Waals surface area contributed by atoms with E-state index >= 15 is 0 Å². The standard InChI is InChI=1S/C12H18O3/c1-10-3-5-12(6-4-10)15-9-11(13)7-8-14-2/h3-6,11,13H,7-9H2,1-2H3. The summed E-state index contributed by atoms with van der Waals surface area (Å²) < 4.78 is 10.3. The minimum absolute atomic E-state index is 0.312.